The molecule has 0 aromatic heterocycles. The van der Waals surface area contributed by atoms with Crippen LogP contribution in [0.5, 0.6) is 5.75 Å². The van der Waals surface area contributed by atoms with Crippen molar-refractivity contribution < 1.29 is 18.3 Å². The Bertz CT molecular complexity index is 657. The van der Waals surface area contributed by atoms with Crippen molar-refractivity contribution >= 4 is 0 Å². The number of benzene rings is 1. The van der Waals surface area contributed by atoms with Crippen molar-refractivity contribution in [3.63, 3.8) is 0 Å². The molecule has 0 bridgehead atoms. The largest absolute Gasteiger partial charge is 0.490 e. The normalized spacial score (nSPS) is 28.0. The van der Waals surface area contributed by atoms with E-state index in [4.69, 9.17) is 9.47 Å². The minimum Gasteiger partial charge on any atom is -0.490 e. The highest BCUT2D eigenvalue weighted by atomic mass is 19.2. The molecular weight excluding hydrogens is 370 g/mol. The summed E-state index contributed by atoms with van der Waals surface area (Å²) in [7, 11) is 0. The Balaban J connectivity index is 1.50. The Hall–Kier alpha value is -1.42. The van der Waals surface area contributed by atoms with Crippen molar-refractivity contribution in [3.05, 3.63) is 41.5 Å². The van der Waals surface area contributed by atoms with Gasteiger partial charge in [-0.25, -0.2) is 4.39 Å². The zero-order valence-electron chi connectivity index (χ0n) is 18.0. The number of ether oxygens (including phenoxy) is 2. The lowest BCUT2D eigenvalue weighted by Crippen LogP contribution is -2.33. The van der Waals surface area contributed by atoms with Crippen LogP contribution < -0.4 is 4.74 Å². The highest BCUT2D eigenvalue weighted by Crippen LogP contribution is 2.41. The number of rotatable bonds is 8. The molecule has 2 aliphatic rings. The molecule has 1 saturated heterocycles. The summed E-state index contributed by atoms with van der Waals surface area (Å²) in [6.07, 6.45) is 14.2. The first-order chi connectivity index (χ1) is 14.1. The Kier molecular flexibility index (Phi) is 8.53. The van der Waals surface area contributed by atoms with Crippen molar-refractivity contribution in [1.29, 1.82) is 0 Å². The third-order valence-corrected chi connectivity index (χ3v) is 6.49. The van der Waals surface area contributed by atoms with E-state index in [9.17, 15) is 8.78 Å². The maximum atomic E-state index is 14.6. The van der Waals surface area contributed by atoms with Crippen LogP contribution in [0.2, 0.25) is 0 Å². The first-order valence-corrected chi connectivity index (χ1v) is 11.5. The van der Waals surface area contributed by atoms with Crippen LogP contribution in [0.4, 0.5) is 8.78 Å². The molecule has 0 radical (unpaired) electrons. The number of unbranched alkanes of at least 4 members (excludes halogenated alkanes) is 1. The smallest absolute Gasteiger partial charge is 0.200 e. The predicted molar refractivity (Wildman–Crippen MR) is 113 cm³/mol. The maximum absolute atomic E-state index is 14.6. The van der Waals surface area contributed by atoms with Gasteiger partial charge in [0.1, 0.15) is 0 Å². The maximum Gasteiger partial charge on any atom is 0.200 e. The Morgan fingerprint density at radius 2 is 1.79 bits per heavy atom. The van der Waals surface area contributed by atoms with Crippen LogP contribution in [0, 0.1) is 23.5 Å². The molecule has 0 spiro atoms. The molecule has 2 unspecified atom stereocenters. The van der Waals surface area contributed by atoms with Crippen LogP contribution in [-0.2, 0) is 4.74 Å². The van der Waals surface area contributed by atoms with Crippen LogP contribution in [0.25, 0.3) is 0 Å². The van der Waals surface area contributed by atoms with Crippen LogP contribution in [-0.4, -0.2) is 19.3 Å². The molecule has 29 heavy (non-hydrogen) atoms. The quantitative estimate of drug-likeness (QED) is 0.426. The molecule has 1 heterocycles. The molecule has 162 valence electrons. The van der Waals surface area contributed by atoms with Crippen LogP contribution in [0.3, 0.4) is 0 Å². The average Bonchev–Trinajstić information content (AvgIpc) is 2.76. The van der Waals surface area contributed by atoms with Gasteiger partial charge in [-0.15, -0.1) is 0 Å². The zero-order chi connectivity index (χ0) is 20.6. The molecule has 1 saturated carbocycles. The number of hydrogen-bond donors (Lipinski definition) is 0. The summed E-state index contributed by atoms with van der Waals surface area (Å²) < 4.78 is 40.4. The summed E-state index contributed by atoms with van der Waals surface area (Å²) in [6.45, 7) is 5.37. The SMILES string of the molecule is CCCC=CC1CCC(C2CCC(c3ccc(OCCC)c(F)c3F)CC2)OC1. The molecule has 2 atom stereocenters. The van der Waals surface area contributed by atoms with E-state index in [0.717, 1.165) is 51.6 Å². The molecule has 0 N–H and O–H groups in total. The highest BCUT2D eigenvalue weighted by Gasteiger charge is 2.33. The van der Waals surface area contributed by atoms with E-state index >= 15 is 0 Å². The Morgan fingerprint density at radius 3 is 2.45 bits per heavy atom. The fraction of sp³-hybridized carbons (Fsp3) is 0.680. The van der Waals surface area contributed by atoms with Gasteiger partial charge >= 0.3 is 0 Å². The summed E-state index contributed by atoms with van der Waals surface area (Å²) in [6, 6.07) is 3.31. The third-order valence-electron chi connectivity index (χ3n) is 6.49. The second-order valence-electron chi connectivity index (χ2n) is 8.67. The molecule has 3 rings (SSSR count). The summed E-state index contributed by atoms with van der Waals surface area (Å²) in [4.78, 5) is 0. The number of halogens is 2. The topological polar surface area (TPSA) is 18.5 Å². The molecule has 4 heteroatoms. The third kappa shape index (κ3) is 5.81. The van der Waals surface area contributed by atoms with E-state index < -0.39 is 11.6 Å². The van der Waals surface area contributed by atoms with E-state index in [1.54, 1.807) is 12.1 Å². The number of hydrogen-bond acceptors (Lipinski definition) is 2. The van der Waals surface area contributed by atoms with Crippen molar-refractivity contribution in [2.75, 3.05) is 13.2 Å². The van der Waals surface area contributed by atoms with E-state index in [2.05, 4.69) is 19.1 Å². The molecule has 1 aromatic rings. The summed E-state index contributed by atoms with van der Waals surface area (Å²) in [5.41, 5.74) is 0.510. The van der Waals surface area contributed by atoms with Crippen LogP contribution in [0.15, 0.2) is 24.3 Å². The van der Waals surface area contributed by atoms with E-state index in [1.165, 1.54) is 12.8 Å². The Morgan fingerprint density at radius 1 is 1.00 bits per heavy atom. The predicted octanol–water partition coefficient (Wildman–Crippen LogP) is 7.18. The fourth-order valence-corrected chi connectivity index (χ4v) is 4.76. The van der Waals surface area contributed by atoms with Gasteiger partial charge in [0.05, 0.1) is 19.3 Å². The summed E-state index contributed by atoms with van der Waals surface area (Å²) in [5, 5.41) is 0. The van der Waals surface area contributed by atoms with Gasteiger partial charge in [-0.2, -0.15) is 4.39 Å². The molecule has 2 fully saturated rings. The van der Waals surface area contributed by atoms with Gasteiger partial charge in [-0.05, 0) is 74.8 Å². The van der Waals surface area contributed by atoms with Gasteiger partial charge < -0.3 is 9.47 Å². The second kappa shape index (κ2) is 11.1. The molecule has 1 aromatic carbocycles. The first kappa shape index (κ1) is 22.3. The monoisotopic (exact) mass is 406 g/mol. The van der Waals surface area contributed by atoms with Gasteiger partial charge in [-0.3, -0.25) is 0 Å². The standard InChI is InChI=1S/C25H36F2O2/c1-3-5-6-7-18-8-14-22(29-17-18)20-11-9-19(10-12-20)21-13-15-23(28-16-4-2)25(27)24(21)26/h6-7,13,15,18-20,22H,3-5,8-12,14,16-17H2,1-2H3. The van der Waals surface area contributed by atoms with Crippen LogP contribution >= 0.6 is 0 Å². The van der Waals surface area contributed by atoms with E-state index in [0.29, 0.717) is 30.1 Å². The van der Waals surface area contributed by atoms with Gasteiger partial charge in [0.25, 0.3) is 0 Å². The van der Waals surface area contributed by atoms with Crippen molar-refractivity contribution in [1.82, 2.24) is 0 Å². The Labute approximate surface area is 174 Å². The van der Waals surface area contributed by atoms with Gasteiger partial charge in [0.15, 0.2) is 11.6 Å². The van der Waals surface area contributed by atoms with Gasteiger partial charge in [0, 0.05) is 5.92 Å². The molecular formula is C25H36F2O2. The minimum absolute atomic E-state index is 0.0277. The molecule has 2 nitrogen and oxygen atoms in total. The first-order valence-electron chi connectivity index (χ1n) is 11.5. The van der Waals surface area contributed by atoms with Crippen LogP contribution in [0.1, 0.15) is 83.1 Å². The van der Waals surface area contributed by atoms with Gasteiger partial charge in [0.2, 0.25) is 5.82 Å². The average molecular weight is 407 g/mol. The lowest BCUT2D eigenvalue weighted by atomic mass is 9.75. The van der Waals surface area contributed by atoms with E-state index in [1.807, 2.05) is 6.92 Å². The van der Waals surface area contributed by atoms with Crippen molar-refractivity contribution in [3.8, 4) is 5.75 Å². The number of allylic oxidation sites excluding steroid dienone is 1. The van der Waals surface area contributed by atoms with Crippen molar-refractivity contribution in [2.24, 2.45) is 11.8 Å². The lowest BCUT2D eigenvalue weighted by molar-refractivity contribution is -0.0471. The van der Waals surface area contributed by atoms with Crippen molar-refractivity contribution in [2.45, 2.75) is 83.7 Å². The highest BCUT2D eigenvalue weighted by molar-refractivity contribution is 5.33. The molecule has 1 aliphatic carbocycles. The molecule has 0 amide bonds. The zero-order valence-corrected chi connectivity index (χ0v) is 18.0. The second-order valence-corrected chi connectivity index (χ2v) is 8.67. The summed E-state index contributed by atoms with van der Waals surface area (Å²) >= 11 is 0. The fourth-order valence-electron chi connectivity index (χ4n) is 4.76. The molecule has 1 aliphatic heterocycles. The van der Waals surface area contributed by atoms with Gasteiger partial charge in [-0.1, -0.05) is 38.5 Å². The summed E-state index contributed by atoms with van der Waals surface area (Å²) in [5.74, 6) is -0.339. The lowest BCUT2D eigenvalue weighted by Gasteiger charge is -2.37. The minimum atomic E-state index is -0.837. The van der Waals surface area contributed by atoms with E-state index in [-0.39, 0.29) is 11.7 Å².